The zero-order chi connectivity index (χ0) is 29.4. The highest BCUT2D eigenvalue weighted by Crippen LogP contribution is 2.38. The lowest BCUT2D eigenvalue weighted by Gasteiger charge is -2.29. The summed E-state index contributed by atoms with van der Waals surface area (Å²) < 4.78 is 40.1. The van der Waals surface area contributed by atoms with Crippen LogP contribution in [0.3, 0.4) is 0 Å². The molecule has 4 N–H and O–H groups in total. The third-order valence-corrected chi connectivity index (χ3v) is 7.59. The molecule has 0 radical (unpaired) electrons. The first-order valence-electron chi connectivity index (χ1n) is 11.9. The maximum Gasteiger partial charge on any atom is 0.414 e. The molecule has 0 aliphatic carbocycles. The van der Waals surface area contributed by atoms with Crippen LogP contribution in [-0.4, -0.2) is 50.5 Å². The molecule has 0 fully saturated rings. The van der Waals surface area contributed by atoms with Crippen LogP contribution in [0.25, 0.3) is 0 Å². The average molecular weight is 700 g/mol. The summed E-state index contributed by atoms with van der Waals surface area (Å²) in [5.74, 6) is -2.37. The minimum atomic E-state index is -3.48. The van der Waals surface area contributed by atoms with Crippen LogP contribution in [0.15, 0.2) is 63.5 Å². The first-order valence-corrected chi connectivity index (χ1v) is 15.4. The zero-order valence-electron chi connectivity index (χ0n) is 21.6. The fourth-order valence-electron chi connectivity index (χ4n) is 4.15. The molecule has 13 heteroatoms. The molecule has 3 aromatic carbocycles. The van der Waals surface area contributed by atoms with E-state index in [0.717, 1.165) is 62.6 Å². The monoisotopic (exact) mass is 698 g/mol. The molecule has 214 valence electrons. The number of ether oxygens (including phenoxy) is 2. The number of carboxylic acids is 2. The van der Waals surface area contributed by atoms with Crippen LogP contribution in [0, 0.1) is 0 Å². The van der Waals surface area contributed by atoms with E-state index in [9.17, 15) is 8.42 Å². The molecular weight excluding hydrogens is 672 g/mol. The number of anilines is 1. The van der Waals surface area contributed by atoms with Gasteiger partial charge in [-0.05, 0) is 97.8 Å². The molecule has 1 heterocycles. The summed E-state index contributed by atoms with van der Waals surface area (Å²) in [6.07, 6.45) is 2.72. The van der Waals surface area contributed by atoms with Crippen molar-refractivity contribution < 1.29 is 37.7 Å². The third-order valence-electron chi connectivity index (χ3n) is 5.82. The van der Waals surface area contributed by atoms with E-state index in [0.29, 0.717) is 18.0 Å². The number of fused-ring (bicyclic) bond motifs is 1. The van der Waals surface area contributed by atoms with Crippen molar-refractivity contribution in [3.8, 4) is 11.5 Å². The maximum absolute atomic E-state index is 12.1. The van der Waals surface area contributed by atoms with Crippen LogP contribution in [0.4, 0.5) is 5.69 Å². The maximum atomic E-state index is 12.1. The Kier molecular flexibility index (Phi) is 11.0. The lowest BCUT2D eigenvalue weighted by molar-refractivity contribution is -0.159. The predicted octanol–water partition coefficient (Wildman–Crippen LogP) is 4.76. The number of carbonyl (C=O) groups is 2. The summed E-state index contributed by atoms with van der Waals surface area (Å²) in [4.78, 5) is 18.2. The number of nitrogens with one attached hydrogen (secondary N) is 2. The van der Waals surface area contributed by atoms with Crippen molar-refractivity contribution in [1.29, 1.82) is 0 Å². The number of aliphatic carboxylic acids is 2. The van der Waals surface area contributed by atoms with Gasteiger partial charge in [0.05, 0.1) is 28.0 Å². The molecule has 1 atom stereocenters. The molecule has 40 heavy (non-hydrogen) atoms. The van der Waals surface area contributed by atoms with Gasteiger partial charge in [0.2, 0.25) is 10.0 Å². The van der Waals surface area contributed by atoms with Crippen molar-refractivity contribution in [1.82, 2.24) is 5.32 Å². The molecule has 10 nitrogen and oxygen atoms in total. The second-order valence-corrected chi connectivity index (χ2v) is 12.3. The van der Waals surface area contributed by atoms with E-state index < -0.39 is 22.0 Å². The molecular formula is C27H28Br2N2O8S. The van der Waals surface area contributed by atoms with Gasteiger partial charge in [0.1, 0.15) is 18.1 Å². The summed E-state index contributed by atoms with van der Waals surface area (Å²) in [7, 11) is -1.85. The Morgan fingerprint density at radius 2 is 1.65 bits per heavy atom. The molecule has 1 unspecified atom stereocenters. The standard InChI is InChI=1S/C25H26Br2N2O4S.C2H2O4/c1-32-25-20(26)10-17(11-21(25)27)12-22-19-14-23(29-34(2,30)31)24(13-18(19)8-9-28-22)33-15-16-6-4-3-5-7-16;3-1(4)2(5)6/h3-7,10-11,13-14,22,28-29H,8-9,12,15H2,1-2H3;(H,3,4)(H,5,6). The molecule has 0 spiro atoms. The smallest absolute Gasteiger partial charge is 0.414 e. The Hall–Kier alpha value is -3.13. The van der Waals surface area contributed by atoms with E-state index in [2.05, 4.69) is 41.9 Å². The van der Waals surface area contributed by atoms with Gasteiger partial charge in [-0.25, -0.2) is 18.0 Å². The topological polar surface area (TPSA) is 151 Å². The summed E-state index contributed by atoms with van der Waals surface area (Å²) in [6, 6.07) is 17.8. The highest BCUT2D eigenvalue weighted by Gasteiger charge is 2.24. The van der Waals surface area contributed by atoms with Crippen LogP contribution in [0.5, 0.6) is 11.5 Å². The second kappa shape index (κ2) is 14.0. The van der Waals surface area contributed by atoms with Gasteiger partial charge in [0.25, 0.3) is 0 Å². The van der Waals surface area contributed by atoms with Crippen LogP contribution in [0.2, 0.25) is 0 Å². The Morgan fingerprint density at radius 3 is 2.20 bits per heavy atom. The number of carboxylic acid groups (broad SMARTS) is 2. The Labute approximate surface area is 249 Å². The van der Waals surface area contributed by atoms with Crippen molar-refractivity contribution in [2.75, 3.05) is 24.6 Å². The van der Waals surface area contributed by atoms with Crippen molar-refractivity contribution in [3.05, 3.63) is 85.8 Å². The van der Waals surface area contributed by atoms with Crippen molar-refractivity contribution in [3.63, 3.8) is 0 Å². The average Bonchev–Trinajstić information content (AvgIpc) is 2.88. The van der Waals surface area contributed by atoms with E-state index in [-0.39, 0.29) is 6.04 Å². The van der Waals surface area contributed by atoms with Gasteiger partial charge >= 0.3 is 11.9 Å². The van der Waals surface area contributed by atoms with Gasteiger partial charge in [-0.15, -0.1) is 0 Å². The molecule has 1 aliphatic rings. The highest BCUT2D eigenvalue weighted by atomic mass is 79.9. The molecule has 0 saturated heterocycles. The fourth-order valence-corrected chi connectivity index (χ4v) is 6.31. The lowest BCUT2D eigenvalue weighted by Crippen LogP contribution is -2.31. The largest absolute Gasteiger partial charge is 0.494 e. The Morgan fingerprint density at radius 1 is 1.02 bits per heavy atom. The molecule has 1 aliphatic heterocycles. The van der Waals surface area contributed by atoms with E-state index in [1.807, 2.05) is 54.6 Å². The number of rotatable bonds is 8. The number of benzene rings is 3. The number of hydrogen-bond acceptors (Lipinski definition) is 7. The number of halogens is 2. The molecule has 0 saturated carbocycles. The van der Waals surface area contributed by atoms with Gasteiger partial charge in [0.15, 0.2) is 0 Å². The third kappa shape index (κ3) is 8.95. The fraction of sp³-hybridized carbons (Fsp3) is 0.259. The first kappa shape index (κ1) is 31.4. The molecule has 0 bridgehead atoms. The van der Waals surface area contributed by atoms with Crippen molar-refractivity contribution in [2.45, 2.75) is 25.5 Å². The number of sulfonamides is 1. The normalized spacial score (nSPS) is 14.2. The van der Waals surface area contributed by atoms with Crippen molar-refractivity contribution >= 4 is 59.5 Å². The zero-order valence-corrected chi connectivity index (χ0v) is 25.6. The number of methoxy groups -OCH3 is 1. The van der Waals surface area contributed by atoms with Gasteiger partial charge < -0.3 is 25.0 Å². The second-order valence-electron chi connectivity index (χ2n) is 8.86. The molecule has 3 aromatic rings. The highest BCUT2D eigenvalue weighted by molar-refractivity contribution is 9.11. The predicted molar refractivity (Wildman–Crippen MR) is 157 cm³/mol. The summed E-state index contributed by atoms with van der Waals surface area (Å²) >= 11 is 7.15. The van der Waals surface area contributed by atoms with Gasteiger partial charge in [-0.2, -0.15) is 0 Å². The summed E-state index contributed by atoms with van der Waals surface area (Å²) in [5, 5.41) is 18.4. The Bertz CT molecular complexity index is 1450. The number of hydrogen-bond donors (Lipinski definition) is 4. The van der Waals surface area contributed by atoms with Gasteiger partial charge in [-0.1, -0.05) is 30.3 Å². The molecule has 4 rings (SSSR count). The van der Waals surface area contributed by atoms with E-state index in [4.69, 9.17) is 29.3 Å². The van der Waals surface area contributed by atoms with E-state index >= 15 is 0 Å². The summed E-state index contributed by atoms with van der Waals surface area (Å²) in [6.45, 7) is 1.18. The minimum Gasteiger partial charge on any atom is -0.494 e. The van der Waals surface area contributed by atoms with Gasteiger partial charge in [-0.3, -0.25) is 4.72 Å². The summed E-state index contributed by atoms with van der Waals surface area (Å²) in [5.41, 5.74) is 4.79. The van der Waals surface area contributed by atoms with E-state index in [1.165, 1.54) is 0 Å². The van der Waals surface area contributed by atoms with Crippen LogP contribution in [0.1, 0.15) is 28.3 Å². The van der Waals surface area contributed by atoms with Gasteiger partial charge in [0, 0.05) is 6.04 Å². The van der Waals surface area contributed by atoms with E-state index in [1.54, 1.807) is 7.11 Å². The van der Waals surface area contributed by atoms with Crippen LogP contribution >= 0.6 is 31.9 Å². The minimum absolute atomic E-state index is 0.0271. The first-order chi connectivity index (χ1) is 18.9. The van der Waals surface area contributed by atoms with Crippen molar-refractivity contribution in [2.24, 2.45) is 0 Å². The van der Waals surface area contributed by atoms with Crippen LogP contribution < -0.4 is 19.5 Å². The molecule has 0 aromatic heterocycles. The lowest BCUT2D eigenvalue weighted by atomic mass is 9.89. The SMILES string of the molecule is COc1c(Br)cc(CC2NCCc3cc(OCc4ccccc4)c(NS(C)(=O)=O)cc32)cc1Br.O=C(O)C(=O)O. The quantitative estimate of drug-likeness (QED) is 0.244. The van der Waals surface area contributed by atoms with Crippen LogP contribution in [-0.2, 0) is 39.1 Å². The molecule has 0 amide bonds. The Balaban J connectivity index is 0.000000663.